The van der Waals surface area contributed by atoms with Crippen LogP contribution in [0, 0.1) is 0 Å². The van der Waals surface area contributed by atoms with Crippen LogP contribution in [0.1, 0.15) is 53.9 Å². The van der Waals surface area contributed by atoms with Crippen molar-refractivity contribution in [3.63, 3.8) is 0 Å². The van der Waals surface area contributed by atoms with E-state index in [0.717, 1.165) is 0 Å². The number of rotatable bonds is 3. The van der Waals surface area contributed by atoms with E-state index in [1.54, 1.807) is 27.7 Å². The Labute approximate surface area is 136 Å². The van der Waals surface area contributed by atoms with Gasteiger partial charge in [-0.1, -0.05) is 6.92 Å². The zero-order valence-corrected chi connectivity index (χ0v) is 14.5. The summed E-state index contributed by atoms with van der Waals surface area (Å²) in [6, 6.07) is -0.926. The Balaban J connectivity index is 2.20. The average molecular weight is 326 g/mol. The topological polar surface area (TPSA) is 87.2 Å². The van der Waals surface area contributed by atoms with E-state index in [0.29, 0.717) is 19.3 Å². The van der Waals surface area contributed by atoms with Crippen molar-refractivity contribution in [2.24, 2.45) is 0 Å². The second-order valence-electron chi connectivity index (χ2n) is 7.46. The van der Waals surface area contributed by atoms with Gasteiger partial charge >= 0.3 is 12.1 Å². The molecule has 0 aromatic heterocycles. The van der Waals surface area contributed by atoms with E-state index in [1.807, 2.05) is 6.92 Å². The van der Waals surface area contributed by atoms with E-state index in [2.05, 4.69) is 0 Å². The SMILES string of the molecule is CC[C@@H](C(=O)O)N1CC2(CCC(C)N2C(=O)OC(C)(C)C)C1=O. The molecule has 3 atom stereocenters. The maximum Gasteiger partial charge on any atom is 0.411 e. The largest absolute Gasteiger partial charge is 0.480 e. The number of nitrogens with zero attached hydrogens (tertiary/aromatic N) is 2. The first-order valence-corrected chi connectivity index (χ1v) is 8.09. The van der Waals surface area contributed by atoms with Crippen molar-refractivity contribution in [1.29, 1.82) is 0 Å². The minimum atomic E-state index is -1.01. The van der Waals surface area contributed by atoms with Gasteiger partial charge in [-0.05, 0) is 47.0 Å². The normalized spacial score (nSPS) is 28.7. The third kappa shape index (κ3) is 2.88. The molecule has 0 saturated carbocycles. The Morgan fingerprint density at radius 2 is 2.04 bits per heavy atom. The van der Waals surface area contributed by atoms with Gasteiger partial charge in [0.2, 0.25) is 0 Å². The average Bonchev–Trinajstić information content (AvgIpc) is 2.76. The Kier molecular flexibility index (Phi) is 4.34. The summed E-state index contributed by atoms with van der Waals surface area (Å²) in [4.78, 5) is 39.4. The molecule has 0 aromatic carbocycles. The van der Waals surface area contributed by atoms with Crippen LogP contribution < -0.4 is 0 Å². The second kappa shape index (κ2) is 5.69. The van der Waals surface area contributed by atoms with E-state index in [4.69, 9.17) is 4.74 Å². The number of ether oxygens (including phenoxy) is 1. The molecule has 2 aliphatic rings. The molecule has 0 radical (unpaired) electrons. The van der Waals surface area contributed by atoms with Gasteiger partial charge in [-0.25, -0.2) is 9.59 Å². The van der Waals surface area contributed by atoms with Gasteiger partial charge in [0.05, 0.1) is 6.54 Å². The predicted octanol–water partition coefficient (Wildman–Crippen LogP) is 1.85. The lowest BCUT2D eigenvalue weighted by Crippen LogP contribution is -2.76. The molecular formula is C16H26N2O5. The molecule has 2 saturated heterocycles. The molecule has 23 heavy (non-hydrogen) atoms. The fourth-order valence-corrected chi connectivity index (χ4v) is 3.53. The van der Waals surface area contributed by atoms with Crippen molar-refractivity contribution in [2.75, 3.05) is 6.54 Å². The maximum atomic E-state index is 12.7. The maximum absolute atomic E-state index is 12.7. The number of likely N-dealkylation sites (tertiary alicyclic amines) is 2. The fourth-order valence-electron chi connectivity index (χ4n) is 3.53. The highest BCUT2D eigenvalue weighted by Gasteiger charge is 2.64. The highest BCUT2D eigenvalue weighted by Crippen LogP contribution is 2.43. The number of β-lactam (4-membered cyclic amide) rings is 1. The quantitative estimate of drug-likeness (QED) is 0.800. The zero-order valence-electron chi connectivity index (χ0n) is 14.5. The Morgan fingerprint density at radius 3 is 2.48 bits per heavy atom. The number of amides is 2. The minimum Gasteiger partial charge on any atom is -0.480 e. The van der Waals surface area contributed by atoms with E-state index in [9.17, 15) is 19.5 Å². The summed E-state index contributed by atoms with van der Waals surface area (Å²) < 4.78 is 5.44. The molecule has 0 bridgehead atoms. The van der Waals surface area contributed by atoms with Gasteiger partial charge in [0.15, 0.2) is 0 Å². The molecule has 1 spiro atoms. The lowest BCUT2D eigenvalue weighted by atomic mass is 9.84. The summed E-state index contributed by atoms with van der Waals surface area (Å²) in [6.07, 6.45) is 1.11. The van der Waals surface area contributed by atoms with Crippen molar-refractivity contribution in [3.05, 3.63) is 0 Å². The van der Waals surface area contributed by atoms with E-state index >= 15 is 0 Å². The van der Waals surface area contributed by atoms with Gasteiger partial charge in [-0.15, -0.1) is 0 Å². The van der Waals surface area contributed by atoms with Crippen molar-refractivity contribution >= 4 is 18.0 Å². The lowest BCUT2D eigenvalue weighted by molar-refractivity contribution is -0.172. The molecule has 0 aromatic rings. The first-order valence-electron chi connectivity index (χ1n) is 8.09. The number of hydrogen-bond donors (Lipinski definition) is 1. The van der Waals surface area contributed by atoms with E-state index < -0.39 is 29.2 Å². The number of carboxylic acid groups (broad SMARTS) is 1. The number of carbonyl (C=O) groups is 3. The lowest BCUT2D eigenvalue weighted by Gasteiger charge is -2.53. The molecular weight excluding hydrogens is 300 g/mol. The molecule has 2 amide bonds. The zero-order chi connectivity index (χ0) is 17.6. The van der Waals surface area contributed by atoms with Crippen LogP contribution in [0.5, 0.6) is 0 Å². The molecule has 7 heteroatoms. The molecule has 7 nitrogen and oxygen atoms in total. The molecule has 0 aliphatic carbocycles. The van der Waals surface area contributed by atoms with Crippen LogP contribution in [-0.2, 0) is 14.3 Å². The summed E-state index contributed by atoms with van der Waals surface area (Å²) >= 11 is 0. The van der Waals surface area contributed by atoms with Crippen molar-refractivity contribution in [2.45, 2.75) is 77.1 Å². The smallest absolute Gasteiger partial charge is 0.411 e. The van der Waals surface area contributed by atoms with E-state index in [-0.39, 0.29) is 18.5 Å². The predicted molar refractivity (Wildman–Crippen MR) is 82.9 cm³/mol. The van der Waals surface area contributed by atoms with Gasteiger partial charge in [0.1, 0.15) is 17.2 Å². The number of carboxylic acids is 1. The van der Waals surface area contributed by atoms with Crippen LogP contribution in [0.4, 0.5) is 4.79 Å². The molecule has 2 unspecified atom stereocenters. The first-order chi connectivity index (χ1) is 10.5. The third-order valence-electron chi connectivity index (χ3n) is 4.61. The molecule has 2 aliphatic heterocycles. The van der Waals surface area contributed by atoms with Crippen molar-refractivity contribution in [3.8, 4) is 0 Å². The number of hydrogen-bond acceptors (Lipinski definition) is 4. The minimum absolute atomic E-state index is 0.0964. The number of carbonyl (C=O) groups excluding carboxylic acids is 2. The second-order valence-corrected chi connectivity index (χ2v) is 7.46. The summed E-state index contributed by atoms with van der Waals surface area (Å²) in [5.41, 5.74) is -1.56. The molecule has 130 valence electrons. The fraction of sp³-hybridized carbons (Fsp3) is 0.812. The monoisotopic (exact) mass is 326 g/mol. The highest BCUT2D eigenvalue weighted by molar-refractivity contribution is 5.98. The summed E-state index contributed by atoms with van der Waals surface area (Å²) in [7, 11) is 0. The Hall–Kier alpha value is -1.79. The van der Waals surface area contributed by atoms with Crippen LogP contribution in [-0.4, -0.2) is 62.6 Å². The summed E-state index contributed by atoms with van der Waals surface area (Å²) in [5, 5.41) is 9.24. The van der Waals surface area contributed by atoms with Gasteiger partial charge in [0.25, 0.3) is 5.91 Å². The standard InChI is InChI=1S/C16H26N2O5/c1-6-11(12(19)20)17-9-16(13(17)21)8-7-10(2)18(16)14(22)23-15(3,4)5/h10-11H,6-9H2,1-5H3,(H,19,20)/t10?,11-,16?/m0/s1. The molecule has 2 rings (SSSR count). The first kappa shape index (κ1) is 17.6. The van der Waals surface area contributed by atoms with Crippen molar-refractivity contribution in [1.82, 2.24) is 9.80 Å². The van der Waals surface area contributed by atoms with Crippen LogP contribution in [0.25, 0.3) is 0 Å². The molecule has 1 N–H and O–H groups in total. The van der Waals surface area contributed by atoms with Crippen LogP contribution in [0.15, 0.2) is 0 Å². The van der Waals surface area contributed by atoms with Crippen LogP contribution in [0.3, 0.4) is 0 Å². The van der Waals surface area contributed by atoms with Crippen molar-refractivity contribution < 1.29 is 24.2 Å². The van der Waals surface area contributed by atoms with Crippen LogP contribution >= 0.6 is 0 Å². The molecule has 2 fully saturated rings. The third-order valence-corrected chi connectivity index (χ3v) is 4.61. The van der Waals surface area contributed by atoms with Gasteiger partial charge in [-0.2, -0.15) is 0 Å². The Bertz CT molecular complexity index is 527. The van der Waals surface area contributed by atoms with Crippen LogP contribution in [0.2, 0.25) is 0 Å². The van der Waals surface area contributed by atoms with Gasteiger partial charge in [-0.3, -0.25) is 9.69 Å². The van der Waals surface area contributed by atoms with E-state index in [1.165, 1.54) is 9.80 Å². The molecule has 2 heterocycles. The highest BCUT2D eigenvalue weighted by atomic mass is 16.6. The van der Waals surface area contributed by atoms with Gasteiger partial charge in [0, 0.05) is 6.04 Å². The summed E-state index contributed by atoms with van der Waals surface area (Å²) in [6.45, 7) is 9.24. The Morgan fingerprint density at radius 1 is 1.43 bits per heavy atom. The number of aliphatic carboxylic acids is 1. The summed E-state index contributed by atoms with van der Waals surface area (Å²) in [5.74, 6) is -1.28. The van der Waals surface area contributed by atoms with Gasteiger partial charge < -0.3 is 14.7 Å².